The number of para-hydroxylation sites is 2. The maximum Gasteiger partial charge on any atom is 0.262 e. The van der Waals surface area contributed by atoms with Gasteiger partial charge in [-0.3, -0.25) is 23.9 Å². The van der Waals surface area contributed by atoms with Crippen LogP contribution in [0.25, 0.3) is 10.9 Å². The van der Waals surface area contributed by atoms with Crippen LogP contribution in [0.15, 0.2) is 53.3 Å². The second-order valence-electron chi connectivity index (χ2n) is 8.94. The Labute approximate surface area is 181 Å². The van der Waals surface area contributed by atoms with Crippen molar-refractivity contribution in [2.24, 2.45) is 0 Å². The average molecular weight is 429 g/mol. The Morgan fingerprint density at radius 1 is 1.09 bits per heavy atom. The molecule has 160 valence electrons. The minimum Gasteiger partial charge on any atom is -0.381 e. The van der Waals surface area contributed by atoms with E-state index in [1.807, 2.05) is 24.3 Å². The third kappa shape index (κ3) is 1.88. The van der Waals surface area contributed by atoms with Crippen molar-refractivity contribution in [3.05, 3.63) is 70.3 Å². The maximum absolute atomic E-state index is 13.5. The minimum atomic E-state index is -1.51. The lowest BCUT2D eigenvalue weighted by molar-refractivity contribution is -0.144. The van der Waals surface area contributed by atoms with Gasteiger partial charge in [0.1, 0.15) is 24.0 Å². The van der Waals surface area contributed by atoms with E-state index >= 15 is 0 Å². The van der Waals surface area contributed by atoms with Crippen LogP contribution in [0.5, 0.6) is 0 Å². The van der Waals surface area contributed by atoms with Gasteiger partial charge in [-0.1, -0.05) is 30.3 Å². The van der Waals surface area contributed by atoms with Gasteiger partial charge in [-0.25, -0.2) is 9.88 Å². The van der Waals surface area contributed by atoms with Crippen molar-refractivity contribution < 1.29 is 14.7 Å². The van der Waals surface area contributed by atoms with Crippen LogP contribution in [0.3, 0.4) is 0 Å². The van der Waals surface area contributed by atoms with Crippen LogP contribution in [0.1, 0.15) is 36.9 Å². The molecule has 2 amide bonds. The zero-order chi connectivity index (χ0) is 21.9. The van der Waals surface area contributed by atoms with Gasteiger partial charge in [0, 0.05) is 12.0 Å². The van der Waals surface area contributed by atoms with Crippen LogP contribution in [-0.2, 0) is 15.2 Å². The molecule has 32 heavy (non-hydrogen) atoms. The van der Waals surface area contributed by atoms with Crippen LogP contribution in [0, 0.1) is 0 Å². The maximum atomic E-state index is 13.5. The van der Waals surface area contributed by atoms with E-state index in [4.69, 9.17) is 4.98 Å². The fourth-order valence-corrected chi connectivity index (χ4v) is 6.03. The van der Waals surface area contributed by atoms with Crippen molar-refractivity contribution in [2.75, 3.05) is 4.90 Å². The Balaban J connectivity index is 1.58. The molecule has 2 N–H and O–H groups in total. The number of anilines is 1. The monoisotopic (exact) mass is 429 g/mol. The summed E-state index contributed by atoms with van der Waals surface area (Å²) in [4.78, 5) is 48.3. The lowest BCUT2D eigenvalue weighted by Gasteiger charge is -2.48. The normalized spacial score (nSPS) is 32.4. The molecule has 8 rings (SSSR count). The van der Waals surface area contributed by atoms with Gasteiger partial charge < -0.3 is 10.4 Å². The summed E-state index contributed by atoms with van der Waals surface area (Å²) >= 11 is 0. The van der Waals surface area contributed by atoms with E-state index in [1.54, 1.807) is 41.0 Å². The molecule has 9 heteroatoms. The third-order valence-corrected chi connectivity index (χ3v) is 7.40. The average Bonchev–Trinajstić information content (AvgIpc) is 3.19. The topological polar surface area (TPSA) is 108 Å². The molecule has 2 fully saturated rings. The molecule has 0 spiro atoms. The van der Waals surface area contributed by atoms with E-state index in [-0.39, 0.29) is 23.8 Å². The van der Waals surface area contributed by atoms with Gasteiger partial charge in [0.2, 0.25) is 11.8 Å². The number of nitrogens with one attached hydrogen (secondary N) is 1. The summed E-state index contributed by atoms with van der Waals surface area (Å²) < 4.78 is 1.42. The first-order valence-electron chi connectivity index (χ1n) is 10.7. The van der Waals surface area contributed by atoms with Crippen molar-refractivity contribution in [1.29, 1.82) is 0 Å². The van der Waals surface area contributed by atoms with E-state index in [1.165, 1.54) is 4.57 Å². The predicted molar refractivity (Wildman–Crippen MR) is 113 cm³/mol. The highest BCUT2D eigenvalue weighted by molar-refractivity contribution is 6.03. The van der Waals surface area contributed by atoms with Crippen molar-refractivity contribution >= 4 is 28.4 Å². The lowest BCUT2D eigenvalue weighted by Crippen LogP contribution is -2.63. The van der Waals surface area contributed by atoms with E-state index < -0.39 is 30.0 Å². The number of rotatable bonds is 0. The Morgan fingerprint density at radius 3 is 2.69 bits per heavy atom. The Hall–Kier alpha value is -3.56. The van der Waals surface area contributed by atoms with Gasteiger partial charge in [0.25, 0.3) is 5.56 Å². The summed E-state index contributed by atoms with van der Waals surface area (Å²) in [6, 6.07) is 12.7. The standard InChI is InChI=1S/C23H19N5O4/c1-11-20(30)28-15-9-5-3-7-13(15)23(32)10-16-19(29)25-18(26(11)22(23)28)17-24-14-8-4-2-6-12(14)21(31)27(16)17/h2-9,11,16,18,22,32H,10H2,1H3,(H,25,29)/t11-,16+,18+,22-,23+/m1/s1. The highest BCUT2D eigenvalue weighted by Crippen LogP contribution is 2.55. The first-order valence-corrected chi connectivity index (χ1v) is 10.7. The second kappa shape index (κ2) is 5.62. The van der Waals surface area contributed by atoms with Crippen LogP contribution in [-0.4, -0.2) is 43.6 Å². The van der Waals surface area contributed by atoms with Crippen LogP contribution in [0.2, 0.25) is 0 Å². The first-order chi connectivity index (χ1) is 15.4. The summed E-state index contributed by atoms with van der Waals surface area (Å²) in [5.41, 5.74) is -0.0647. The molecule has 2 saturated heterocycles. The number of benzene rings is 2. The number of carbonyl (C=O) groups excluding carboxylic acids is 2. The van der Waals surface area contributed by atoms with Crippen molar-refractivity contribution in [1.82, 2.24) is 19.8 Å². The number of nitrogens with zero attached hydrogens (tertiary/aromatic N) is 4. The van der Waals surface area contributed by atoms with E-state index in [0.717, 1.165) is 0 Å². The van der Waals surface area contributed by atoms with Gasteiger partial charge in [-0.05, 0) is 25.1 Å². The van der Waals surface area contributed by atoms with Gasteiger partial charge in [-0.15, -0.1) is 0 Å². The largest absolute Gasteiger partial charge is 0.381 e. The molecule has 6 heterocycles. The number of fused-ring (bicyclic) bond motifs is 4. The molecule has 9 nitrogen and oxygen atoms in total. The molecule has 1 aromatic heterocycles. The minimum absolute atomic E-state index is 0.0485. The summed E-state index contributed by atoms with van der Waals surface area (Å²) in [6.45, 7) is 1.76. The number of amides is 2. The van der Waals surface area contributed by atoms with E-state index in [0.29, 0.717) is 28.0 Å². The first kappa shape index (κ1) is 18.1. The molecule has 0 saturated carbocycles. The number of hydrogen-bond acceptors (Lipinski definition) is 6. The summed E-state index contributed by atoms with van der Waals surface area (Å²) in [5, 5.41) is 15.5. The van der Waals surface area contributed by atoms with Crippen molar-refractivity contribution in [2.45, 2.75) is 43.4 Å². The zero-order valence-corrected chi connectivity index (χ0v) is 17.1. The Morgan fingerprint density at radius 2 is 1.84 bits per heavy atom. The number of carbonyl (C=O) groups is 2. The third-order valence-electron chi connectivity index (χ3n) is 7.40. The summed E-state index contributed by atoms with van der Waals surface area (Å²) in [5.74, 6) is -0.137. The van der Waals surface area contributed by atoms with Crippen LogP contribution in [0.4, 0.5) is 5.69 Å². The molecular formula is C23H19N5O4. The fourth-order valence-electron chi connectivity index (χ4n) is 6.03. The summed E-state index contributed by atoms with van der Waals surface area (Å²) in [6.07, 6.45) is -1.58. The molecule has 5 aliphatic heterocycles. The van der Waals surface area contributed by atoms with Crippen molar-refractivity contribution in [3.63, 3.8) is 0 Å². The van der Waals surface area contributed by atoms with Gasteiger partial charge in [-0.2, -0.15) is 0 Å². The molecule has 0 unspecified atom stereocenters. The second-order valence-corrected chi connectivity index (χ2v) is 8.94. The van der Waals surface area contributed by atoms with E-state index in [9.17, 15) is 19.5 Å². The molecular weight excluding hydrogens is 410 g/mol. The van der Waals surface area contributed by atoms with E-state index in [2.05, 4.69) is 5.32 Å². The van der Waals surface area contributed by atoms with Gasteiger partial charge in [0.15, 0.2) is 5.82 Å². The summed E-state index contributed by atoms with van der Waals surface area (Å²) in [7, 11) is 0. The molecule has 0 radical (unpaired) electrons. The molecule has 5 aliphatic rings. The predicted octanol–water partition coefficient (Wildman–Crippen LogP) is 0.734. The van der Waals surface area contributed by atoms with Crippen LogP contribution < -0.4 is 15.8 Å². The zero-order valence-electron chi connectivity index (χ0n) is 17.1. The van der Waals surface area contributed by atoms with Crippen LogP contribution >= 0.6 is 0 Å². The molecule has 5 atom stereocenters. The smallest absolute Gasteiger partial charge is 0.262 e. The number of hydrogen-bond donors (Lipinski definition) is 2. The Kier molecular flexibility index (Phi) is 3.17. The molecule has 2 aromatic carbocycles. The number of aromatic nitrogens is 2. The fraction of sp³-hybridized carbons (Fsp3) is 0.304. The van der Waals surface area contributed by atoms with Gasteiger partial charge >= 0.3 is 0 Å². The number of aliphatic hydroxyl groups is 1. The molecule has 0 aliphatic carbocycles. The molecule has 3 aromatic rings. The molecule has 2 bridgehead atoms. The van der Waals surface area contributed by atoms with Gasteiger partial charge in [0.05, 0.1) is 22.6 Å². The quantitative estimate of drug-likeness (QED) is 0.546. The Bertz CT molecular complexity index is 1430. The highest BCUT2D eigenvalue weighted by Gasteiger charge is 2.66. The SMILES string of the molecule is C[C@@H]1C(=O)N2c3ccccc3[C@@]3(O)C[C@H]4C(=O)N[C@H](c5nc6ccccc6c(=O)n54)N1[C@H]23. The van der Waals surface area contributed by atoms with Crippen molar-refractivity contribution in [3.8, 4) is 0 Å². The lowest BCUT2D eigenvalue weighted by atomic mass is 9.83. The highest BCUT2D eigenvalue weighted by atomic mass is 16.3.